The Morgan fingerprint density at radius 3 is 3.06 bits per heavy atom. The van der Waals surface area contributed by atoms with Crippen molar-refractivity contribution in [2.45, 2.75) is 6.42 Å². The Kier molecular flexibility index (Phi) is 5.15. The van der Waals surface area contributed by atoms with Crippen LogP contribution in [-0.2, 0) is 4.74 Å². The summed E-state index contributed by atoms with van der Waals surface area (Å²) in [6.07, 6.45) is 2.42. The lowest BCUT2D eigenvalue weighted by Gasteiger charge is -2.26. The van der Waals surface area contributed by atoms with Crippen LogP contribution in [0.4, 0.5) is 5.82 Å². The molecule has 1 fully saturated rings. The maximum atomic E-state index is 11.3. The van der Waals surface area contributed by atoms with Crippen molar-refractivity contribution in [1.29, 1.82) is 0 Å². The van der Waals surface area contributed by atoms with E-state index in [1.165, 1.54) is 6.33 Å². The van der Waals surface area contributed by atoms with Gasteiger partial charge in [0, 0.05) is 19.6 Å². The van der Waals surface area contributed by atoms with Crippen molar-refractivity contribution in [3.8, 4) is 0 Å². The number of nitrogens with zero attached hydrogens (tertiary/aromatic N) is 2. The number of hydrogen-bond donors (Lipinski definition) is 2. The van der Waals surface area contributed by atoms with Gasteiger partial charge in [0.25, 0.3) is 5.56 Å². The lowest BCUT2D eigenvalue weighted by Crippen LogP contribution is -2.37. The fraction of sp³-hybridized carbons (Fsp3) is 0.636. The van der Waals surface area contributed by atoms with Gasteiger partial charge in [-0.25, -0.2) is 4.98 Å². The van der Waals surface area contributed by atoms with E-state index in [0.29, 0.717) is 10.3 Å². The molecule has 1 saturated heterocycles. The molecular formula is C11H17BrN4O2. The number of aromatic nitrogens is 2. The van der Waals surface area contributed by atoms with Crippen LogP contribution < -0.4 is 10.9 Å². The SMILES string of the molecule is O=c1[nH]cnc(NCCCN2CCOCC2)c1Br. The summed E-state index contributed by atoms with van der Waals surface area (Å²) in [6, 6.07) is 0. The Hall–Kier alpha value is -0.920. The number of ether oxygens (including phenoxy) is 1. The molecule has 0 saturated carbocycles. The Labute approximate surface area is 114 Å². The third kappa shape index (κ3) is 3.79. The molecule has 0 unspecified atom stereocenters. The second kappa shape index (κ2) is 6.86. The number of aromatic amines is 1. The first-order valence-corrected chi connectivity index (χ1v) is 6.84. The van der Waals surface area contributed by atoms with E-state index in [2.05, 4.69) is 36.1 Å². The first-order valence-electron chi connectivity index (χ1n) is 6.04. The topological polar surface area (TPSA) is 70.2 Å². The summed E-state index contributed by atoms with van der Waals surface area (Å²) in [6.45, 7) is 5.51. The molecule has 2 N–H and O–H groups in total. The molecule has 0 aliphatic carbocycles. The predicted octanol–water partition coefficient (Wildman–Crippen LogP) is 0.667. The van der Waals surface area contributed by atoms with E-state index in [1.54, 1.807) is 0 Å². The van der Waals surface area contributed by atoms with Crippen LogP contribution in [0.5, 0.6) is 0 Å². The van der Waals surface area contributed by atoms with Crippen molar-refractivity contribution in [1.82, 2.24) is 14.9 Å². The molecule has 0 spiro atoms. The molecule has 0 radical (unpaired) electrons. The van der Waals surface area contributed by atoms with E-state index in [-0.39, 0.29) is 5.56 Å². The summed E-state index contributed by atoms with van der Waals surface area (Å²) in [5.74, 6) is 0.598. The van der Waals surface area contributed by atoms with Crippen LogP contribution in [0.1, 0.15) is 6.42 Å². The molecule has 0 atom stereocenters. The Morgan fingerprint density at radius 2 is 2.28 bits per heavy atom. The molecule has 7 heteroatoms. The normalized spacial score (nSPS) is 16.7. The zero-order chi connectivity index (χ0) is 12.8. The molecule has 1 aromatic heterocycles. The molecule has 1 aliphatic rings. The highest BCUT2D eigenvalue weighted by Crippen LogP contribution is 2.12. The largest absolute Gasteiger partial charge is 0.379 e. The van der Waals surface area contributed by atoms with Crippen molar-refractivity contribution < 1.29 is 4.74 Å². The fourth-order valence-electron chi connectivity index (χ4n) is 1.84. The minimum Gasteiger partial charge on any atom is -0.379 e. The van der Waals surface area contributed by atoms with Crippen molar-refractivity contribution in [2.24, 2.45) is 0 Å². The minimum atomic E-state index is -0.166. The molecule has 0 aromatic carbocycles. The van der Waals surface area contributed by atoms with Crippen LogP contribution in [0.3, 0.4) is 0 Å². The van der Waals surface area contributed by atoms with Crippen molar-refractivity contribution in [3.63, 3.8) is 0 Å². The first kappa shape index (κ1) is 13.5. The predicted molar refractivity (Wildman–Crippen MR) is 72.9 cm³/mol. The van der Waals surface area contributed by atoms with Crippen molar-refractivity contribution in [2.75, 3.05) is 44.7 Å². The fourth-order valence-corrected chi connectivity index (χ4v) is 2.20. The third-order valence-corrected chi connectivity index (χ3v) is 3.58. The van der Waals surface area contributed by atoms with Crippen LogP contribution in [0.15, 0.2) is 15.6 Å². The molecule has 100 valence electrons. The Morgan fingerprint density at radius 1 is 1.50 bits per heavy atom. The van der Waals surface area contributed by atoms with Gasteiger partial charge in [0.2, 0.25) is 0 Å². The van der Waals surface area contributed by atoms with E-state index in [1.807, 2.05) is 0 Å². The smallest absolute Gasteiger partial charge is 0.267 e. The van der Waals surface area contributed by atoms with Crippen LogP contribution in [0, 0.1) is 0 Å². The highest BCUT2D eigenvalue weighted by atomic mass is 79.9. The van der Waals surface area contributed by atoms with Gasteiger partial charge in [0.1, 0.15) is 10.3 Å². The summed E-state index contributed by atoms with van der Waals surface area (Å²) < 4.78 is 5.75. The summed E-state index contributed by atoms with van der Waals surface area (Å²) in [5, 5.41) is 3.16. The van der Waals surface area contributed by atoms with Gasteiger partial charge in [-0.15, -0.1) is 0 Å². The number of rotatable bonds is 5. The molecular weight excluding hydrogens is 300 g/mol. The highest BCUT2D eigenvalue weighted by Gasteiger charge is 2.09. The Bertz CT molecular complexity index is 431. The number of halogens is 1. The van der Waals surface area contributed by atoms with Crippen molar-refractivity contribution >= 4 is 21.7 Å². The number of nitrogens with one attached hydrogen (secondary N) is 2. The maximum Gasteiger partial charge on any atom is 0.267 e. The quantitative estimate of drug-likeness (QED) is 0.781. The van der Waals surface area contributed by atoms with Gasteiger partial charge in [-0.1, -0.05) is 0 Å². The van der Waals surface area contributed by atoms with Gasteiger partial charge in [-0.05, 0) is 28.9 Å². The summed E-state index contributed by atoms with van der Waals surface area (Å²) in [4.78, 5) is 20.3. The van der Waals surface area contributed by atoms with Crippen LogP contribution in [-0.4, -0.2) is 54.3 Å². The lowest BCUT2D eigenvalue weighted by molar-refractivity contribution is 0.0378. The molecule has 2 heterocycles. The maximum absolute atomic E-state index is 11.3. The molecule has 1 aliphatic heterocycles. The van der Waals surface area contributed by atoms with E-state index >= 15 is 0 Å². The second-order valence-corrected chi connectivity index (χ2v) is 4.92. The van der Waals surface area contributed by atoms with E-state index < -0.39 is 0 Å². The molecule has 2 rings (SSSR count). The van der Waals surface area contributed by atoms with Gasteiger partial charge >= 0.3 is 0 Å². The number of H-pyrrole nitrogens is 1. The molecule has 1 aromatic rings. The van der Waals surface area contributed by atoms with Crippen molar-refractivity contribution in [3.05, 3.63) is 21.2 Å². The Balaban J connectivity index is 1.71. The van der Waals surface area contributed by atoms with Crippen LogP contribution in [0.25, 0.3) is 0 Å². The monoisotopic (exact) mass is 316 g/mol. The average Bonchev–Trinajstić information content (AvgIpc) is 2.40. The lowest BCUT2D eigenvalue weighted by atomic mass is 10.3. The molecule has 0 bridgehead atoms. The summed E-state index contributed by atoms with van der Waals surface area (Å²) in [7, 11) is 0. The van der Waals surface area contributed by atoms with Gasteiger partial charge < -0.3 is 15.0 Å². The standard InChI is InChI=1S/C11H17BrN4O2/c12-9-10(14-8-15-11(9)17)13-2-1-3-16-4-6-18-7-5-16/h8H,1-7H2,(H2,13,14,15,17). The molecule has 6 nitrogen and oxygen atoms in total. The van der Waals surface area contributed by atoms with Crippen LogP contribution >= 0.6 is 15.9 Å². The number of hydrogen-bond acceptors (Lipinski definition) is 5. The van der Waals surface area contributed by atoms with Gasteiger partial charge in [0.05, 0.1) is 19.5 Å². The third-order valence-electron chi connectivity index (χ3n) is 2.84. The van der Waals surface area contributed by atoms with E-state index in [4.69, 9.17) is 4.74 Å². The highest BCUT2D eigenvalue weighted by molar-refractivity contribution is 9.10. The van der Waals surface area contributed by atoms with Crippen LogP contribution in [0.2, 0.25) is 0 Å². The van der Waals surface area contributed by atoms with E-state index in [0.717, 1.165) is 45.8 Å². The summed E-state index contributed by atoms with van der Waals surface area (Å²) in [5.41, 5.74) is -0.166. The van der Waals surface area contributed by atoms with Gasteiger partial charge in [-0.2, -0.15) is 0 Å². The average molecular weight is 317 g/mol. The number of anilines is 1. The zero-order valence-electron chi connectivity index (χ0n) is 10.1. The summed E-state index contributed by atoms with van der Waals surface area (Å²) >= 11 is 3.21. The second-order valence-electron chi connectivity index (χ2n) is 4.13. The minimum absolute atomic E-state index is 0.166. The molecule has 18 heavy (non-hydrogen) atoms. The first-order chi connectivity index (χ1) is 8.77. The number of morpholine rings is 1. The zero-order valence-corrected chi connectivity index (χ0v) is 11.7. The molecule has 0 amide bonds. The van der Waals surface area contributed by atoms with Gasteiger partial charge in [0.15, 0.2) is 0 Å². The van der Waals surface area contributed by atoms with E-state index in [9.17, 15) is 4.79 Å². The van der Waals surface area contributed by atoms with Gasteiger partial charge in [-0.3, -0.25) is 9.69 Å².